The molecule has 0 radical (unpaired) electrons. The van der Waals surface area contributed by atoms with Crippen LogP contribution in [0.15, 0.2) is 29.2 Å². The second kappa shape index (κ2) is 5.38. The Bertz CT molecular complexity index is 399. The Balaban J connectivity index is 2.11. The van der Waals surface area contributed by atoms with Gasteiger partial charge >= 0.3 is 0 Å². The average molecular weight is 233 g/mol. The highest BCUT2D eigenvalue weighted by Gasteiger charge is 2.24. The molecule has 0 aliphatic heterocycles. The first-order chi connectivity index (χ1) is 7.81. The van der Waals surface area contributed by atoms with Gasteiger partial charge in [0.05, 0.1) is 11.7 Å². The predicted octanol–water partition coefficient (Wildman–Crippen LogP) is 2.95. The molecular formula is C13H15NOS. The van der Waals surface area contributed by atoms with Crippen molar-refractivity contribution in [2.75, 3.05) is 0 Å². The molecule has 1 aromatic carbocycles. The summed E-state index contributed by atoms with van der Waals surface area (Å²) >= 11 is 1.65. The lowest BCUT2D eigenvalue weighted by molar-refractivity contribution is 0.137. The van der Waals surface area contributed by atoms with Crippen LogP contribution in [-0.4, -0.2) is 16.5 Å². The van der Waals surface area contributed by atoms with Crippen LogP contribution in [0.4, 0.5) is 0 Å². The molecule has 0 aromatic heterocycles. The molecule has 16 heavy (non-hydrogen) atoms. The molecule has 0 unspecified atom stereocenters. The quantitative estimate of drug-likeness (QED) is 0.854. The lowest BCUT2D eigenvalue weighted by Gasteiger charge is -2.27. The summed E-state index contributed by atoms with van der Waals surface area (Å²) in [4.78, 5) is 0.996. The van der Waals surface area contributed by atoms with E-state index in [1.54, 1.807) is 11.8 Å². The van der Waals surface area contributed by atoms with Crippen LogP contribution in [0.2, 0.25) is 0 Å². The summed E-state index contributed by atoms with van der Waals surface area (Å²) in [5.41, 5.74) is 0.713. The average Bonchev–Trinajstić information content (AvgIpc) is 2.33. The van der Waals surface area contributed by atoms with E-state index in [4.69, 9.17) is 5.26 Å². The second-order valence-corrected chi connectivity index (χ2v) is 5.40. The van der Waals surface area contributed by atoms with Gasteiger partial charge in [0.1, 0.15) is 6.07 Å². The van der Waals surface area contributed by atoms with Gasteiger partial charge in [0, 0.05) is 10.1 Å². The zero-order valence-electron chi connectivity index (χ0n) is 9.10. The van der Waals surface area contributed by atoms with Gasteiger partial charge in [0.25, 0.3) is 0 Å². The standard InChI is InChI=1S/C13H15NOS/c14-9-10-5-1-3-7-12(10)16-13-8-4-2-6-11(13)15/h1,3,5,7,11,13,15H,2,4,6,8H2/t11-,13+/m0/s1. The largest absolute Gasteiger partial charge is 0.392 e. The molecule has 0 heterocycles. The molecule has 3 heteroatoms. The molecule has 0 spiro atoms. The van der Waals surface area contributed by atoms with Crippen molar-refractivity contribution in [3.63, 3.8) is 0 Å². The van der Waals surface area contributed by atoms with Gasteiger partial charge in [0.2, 0.25) is 0 Å². The Hall–Kier alpha value is -0.980. The van der Waals surface area contributed by atoms with Gasteiger partial charge in [-0.1, -0.05) is 25.0 Å². The lowest BCUT2D eigenvalue weighted by Crippen LogP contribution is -2.26. The Morgan fingerprint density at radius 2 is 2.00 bits per heavy atom. The number of thioether (sulfide) groups is 1. The molecule has 84 valence electrons. The first-order valence-corrected chi connectivity index (χ1v) is 6.53. The van der Waals surface area contributed by atoms with E-state index in [9.17, 15) is 5.11 Å². The molecule has 1 saturated carbocycles. The van der Waals surface area contributed by atoms with E-state index >= 15 is 0 Å². The molecule has 1 fully saturated rings. The number of nitriles is 1. The maximum atomic E-state index is 9.89. The smallest absolute Gasteiger partial charge is 0.100 e. The van der Waals surface area contributed by atoms with Crippen LogP contribution in [0.3, 0.4) is 0 Å². The third-order valence-corrected chi connectivity index (χ3v) is 4.42. The fourth-order valence-corrected chi connectivity index (χ4v) is 3.34. The van der Waals surface area contributed by atoms with Crippen molar-refractivity contribution < 1.29 is 5.11 Å². The molecule has 2 rings (SSSR count). The fourth-order valence-electron chi connectivity index (χ4n) is 2.04. The number of benzene rings is 1. The molecule has 2 atom stereocenters. The molecule has 1 aliphatic rings. The van der Waals surface area contributed by atoms with Crippen LogP contribution in [0, 0.1) is 11.3 Å². The minimum atomic E-state index is -0.217. The molecule has 2 nitrogen and oxygen atoms in total. The van der Waals surface area contributed by atoms with Crippen LogP contribution in [0.25, 0.3) is 0 Å². The molecule has 0 saturated heterocycles. The summed E-state index contributed by atoms with van der Waals surface area (Å²) in [5, 5.41) is 19.1. The Labute approximate surface area is 100 Å². The van der Waals surface area contributed by atoms with E-state index in [2.05, 4.69) is 6.07 Å². The van der Waals surface area contributed by atoms with Gasteiger partial charge in [0.15, 0.2) is 0 Å². The van der Waals surface area contributed by atoms with E-state index in [1.165, 1.54) is 6.42 Å². The van der Waals surface area contributed by atoms with Gasteiger partial charge in [-0.2, -0.15) is 5.26 Å². The van der Waals surface area contributed by atoms with Crippen LogP contribution in [-0.2, 0) is 0 Å². The lowest BCUT2D eigenvalue weighted by atomic mass is 9.97. The van der Waals surface area contributed by atoms with E-state index in [1.807, 2.05) is 24.3 Å². The highest BCUT2D eigenvalue weighted by atomic mass is 32.2. The molecule has 1 N–H and O–H groups in total. The summed E-state index contributed by atoms with van der Waals surface area (Å²) in [7, 11) is 0. The number of hydrogen-bond donors (Lipinski definition) is 1. The van der Waals surface area contributed by atoms with Crippen LogP contribution in [0.1, 0.15) is 31.2 Å². The minimum absolute atomic E-state index is 0.217. The van der Waals surface area contributed by atoms with Gasteiger partial charge in [-0.15, -0.1) is 11.8 Å². The maximum Gasteiger partial charge on any atom is 0.100 e. The minimum Gasteiger partial charge on any atom is -0.392 e. The van der Waals surface area contributed by atoms with Gasteiger partial charge in [-0.3, -0.25) is 0 Å². The van der Waals surface area contributed by atoms with Gasteiger partial charge < -0.3 is 5.11 Å². The van der Waals surface area contributed by atoms with Crippen molar-refractivity contribution in [2.45, 2.75) is 41.9 Å². The van der Waals surface area contributed by atoms with E-state index in [-0.39, 0.29) is 11.4 Å². The summed E-state index contributed by atoms with van der Waals surface area (Å²) < 4.78 is 0. The Morgan fingerprint density at radius 1 is 1.25 bits per heavy atom. The molecular weight excluding hydrogens is 218 g/mol. The summed E-state index contributed by atoms with van der Waals surface area (Å²) in [6.07, 6.45) is 4.03. The van der Waals surface area contributed by atoms with Gasteiger partial charge in [-0.05, 0) is 25.0 Å². The normalized spacial score (nSPS) is 25.0. The SMILES string of the molecule is N#Cc1ccccc1S[C@@H]1CCCC[C@@H]1O. The second-order valence-electron chi connectivity index (χ2n) is 4.12. The zero-order valence-corrected chi connectivity index (χ0v) is 9.91. The molecule has 1 aliphatic carbocycles. The number of aliphatic hydroxyl groups excluding tert-OH is 1. The number of aliphatic hydroxyl groups is 1. The highest BCUT2D eigenvalue weighted by molar-refractivity contribution is 8.00. The predicted molar refractivity (Wildman–Crippen MR) is 65.3 cm³/mol. The number of hydrogen-bond acceptors (Lipinski definition) is 3. The Morgan fingerprint density at radius 3 is 2.75 bits per heavy atom. The summed E-state index contributed by atoms with van der Waals surface area (Å²) in [5.74, 6) is 0. The van der Waals surface area contributed by atoms with E-state index < -0.39 is 0 Å². The number of nitrogens with zero attached hydrogens (tertiary/aromatic N) is 1. The fraction of sp³-hybridized carbons (Fsp3) is 0.462. The zero-order chi connectivity index (χ0) is 11.4. The highest BCUT2D eigenvalue weighted by Crippen LogP contribution is 2.35. The summed E-state index contributed by atoms with van der Waals surface area (Å²) in [6.45, 7) is 0. The van der Waals surface area contributed by atoms with Crippen molar-refractivity contribution >= 4 is 11.8 Å². The Kier molecular flexibility index (Phi) is 3.87. The molecule has 0 bridgehead atoms. The van der Waals surface area contributed by atoms with Crippen LogP contribution < -0.4 is 0 Å². The summed E-state index contributed by atoms with van der Waals surface area (Å²) in [6, 6.07) is 9.81. The van der Waals surface area contributed by atoms with Crippen molar-refractivity contribution in [1.29, 1.82) is 5.26 Å². The topological polar surface area (TPSA) is 44.0 Å². The monoisotopic (exact) mass is 233 g/mol. The van der Waals surface area contributed by atoms with Gasteiger partial charge in [-0.25, -0.2) is 0 Å². The third kappa shape index (κ3) is 2.58. The van der Waals surface area contributed by atoms with E-state index in [0.717, 1.165) is 24.2 Å². The maximum absolute atomic E-state index is 9.89. The van der Waals surface area contributed by atoms with Crippen LogP contribution in [0.5, 0.6) is 0 Å². The van der Waals surface area contributed by atoms with E-state index in [0.29, 0.717) is 5.56 Å². The van der Waals surface area contributed by atoms with Crippen LogP contribution >= 0.6 is 11.8 Å². The first-order valence-electron chi connectivity index (χ1n) is 5.65. The molecule has 1 aromatic rings. The first kappa shape index (κ1) is 11.5. The number of rotatable bonds is 2. The van der Waals surface area contributed by atoms with Crippen molar-refractivity contribution in [1.82, 2.24) is 0 Å². The molecule has 0 amide bonds. The van der Waals surface area contributed by atoms with Crippen molar-refractivity contribution in [3.8, 4) is 6.07 Å². The third-order valence-electron chi connectivity index (χ3n) is 2.95. The van der Waals surface area contributed by atoms with Crippen molar-refractivity contribution in [2.24, 2.45) is 0 Å². The van der Waals surface area contributed by atoms with Crippen molar-refractivity contribution in [3.05, 3.63) is 29.8 Å².